The third-order valence-corrected chi connectivity index (χ3v) is 3.25. The second-order valence-electron chi connectivity index (χ2n) is 3.54. The van der Waals surface area contributed by atoms with Crippen molar-refractivity contribution in [1.29, 1.82) is 0 Å². The van der Waals surface area contributed by atoms with Gasteiger partial charge in [0, 0.05) is 4.88 Å². The van der Waals surface area contributed by atoms with Crippen molar-refractivity contribution in [3.63, 3.8) is 0 Å². The zero-order valence-electron chi connectivity index (χ0n) is 9.88. The predicted molar refractivity (Wildman–Crippen MR) is 77.0 cm³/mol. The van der Waals surface area contributed by atoms with Crippen LogP contribution in [0.25, 0.3) is 0 Å². The molecule has 0 saturated heterocycles. The van der Waals surface area contributed by atoms with Gasteiger partial charge in [-0.05, 0) is 24.3 Å². The van der Waals surface area contributed by atoms with E-state index in [1.54, 1.807) is 18.2 Å². The number of hydrazone groups is 1. The van der Waals surface area contributed by atoms with Gasteiger partial charge in [-0.2, -0.15) is 5.10 Å². The van der Waals surface area contributed by atoms with Crippen molar-refractivity contribution >= 4 is 35.1 Å². The molecule has 19 heavy (non-hydrogen) atoms. The second kappa shape index (κ2) is 6.92. The lowest BCUT2D eigenvalue weighted by Gasteiger charge is -2.03. The highest BCUT2D eigenvalue weighted by molar-refractivity contribution is 7.17. The fraction of sp³-hybridized carbons (Fsp3) is 0.0769. The number of ether oxygens (including phenoxy) is 1. The molecule has 4 nitrogen and oxygen atoms in total. The standard InChI is InChI=1S/C13H11ClN2O2S/c14-12-7-6-11(19-12)8-15-16-13(17)9-18-10-4-2-1-3-5-10/h1-8H,9H2,(H,16,17)/b15-8+. The Bertz CT molecular complexity index is 569. The molecule has 1 aromatic carbocycles. The number of carbonyl (C=O) groups excluding carboxylic acids is 1. The van der Waals surface area contributed by atoms with Gasteiger partial charge in [0.25, 0.3) is 5.91 Å². The van der Waals surface area contributed by atoms with Crippen LogP contribution >= 0.6 is 22.9 Å². The molecule has 1 aromatic heterocycles. The highest BCUT2D eigenvalue weighted by atomic mass is 35.5. The molecule has 0 fully saturated rings. The average Bonchev–Trinajstić information content (AvgIpc) is 2.83. The summed E-state index contributed by atoms with van der Waals surface area (Å²) in [4.78, 5) is 12.3. The number of hydrogen-bond acceptors (Lipinski definition) is 4. The van der Waals surface area contributed by atoms with Gasteiger partial charge in [0.2, 0.25) is 0 Å². The molecule has 98 valence electrons. The molecular formula is C13H11ClN2O2S. The van der Waals surface area contributed by atoms with Crippen molar-refractivity contribution in [3.05, 3.63) is 51.7 Å². The molecule has 0 bridgehead atoms. The van der Waals surface area contributed by atoms with Gasteiger partial charge in [-0.3, -0.25) is 4.79 Å². The molecular weight excluding hydrogens is 284 g/mol. The Morgan fingerprint density at radius 1 is 1.32 bits per heavy atom. The minimum Gasteiger partial charge on any atom is -0.484 e. The summed E-state index contributed by atoms with van der Waals surface area (Å²) in [6, 6.07) is 12.7. The first-order valence-corrected chi connectivity index (χ1v) is 6.68. The molecule has 0 unspecified atom stereocenters. The molecule has 2 rings (SSSR count). The molecule has 0 spiro atoms. The van der Waals surface area contributed by atoms with E-state index in [9.17, 15) is 4.79 Å². The van der Waals surface area contributed by atoms with Gasteiger partial charge in [-0.15, -0.1) is 11.3 Å². The van der Waals surface area contributed by atoms with Crippen LogP contribution in [0.15, 0.2) is 47.6 Å². The van der Waals surface area contributed by atoms with E-state index in [4.69, 9.17) is 16.3 Å². The first kappa shape index (κ1) is 13.6. The zero-order valence-corrected chi connectivity index (χ0v) is 11.4. The van der Waals surface area contributed by atoms with Crippen LogP contribution in [0.2, 0.25) is 4.34 Å². The Kier molecular flexibility index (Phi) is 4.94. The number of rotatable bonds is 5. The zero-order chi connectivity index (χ0) is 13.5. The maximum Gasteiger partial charge on any atom is 0.277 e. The normalized spacial score (nSPS) is 10.6. The van der Waals surface area contributed by atoms with Crippen LogP contribution in [-0.2, 0) is 4.79 Å². The first-order valence-electron chi connectivity index (χ1n) is 5.49. The minimum absolute atomic E-state index is 0.0768. The van der Waals surface area contributed by atoms with Crippen LogP contribution in [0.3, 0.4) is 0 Å². The van der Waals surface area contributed by atoms with Crippen LogP contribution < -0.4 is 10.2 Å². The van der Waals surface area contributed by atoms with Crippen molar-refractivity contribution in [1.82, 2.24) is 5.43 Å². The van der Waals surface area contributed by atoms with E-state index < -0.39 is 0 Å². The summed E-state index contributed by atoms with van der Waals surface area (Å²) in [7, 11) is 0. The summed E-state index contributed by atoms with van der Waals surface area (Å²) in [6.07, 6.45) is 1.54. The number of thiophene rings is 1. The molecule has 0 saturated carbocycles. The molecule has 0 aliphatic carbocycles. The summed E-state index contributed by atoms with van der Waals surface area (Å²) in [6.45, 7) is -0.0768. The predicted octanol–water partition coefficient (Wildman–Crippen LogP) is 2.93. The largest absolute Gasteiger partial charge is 0.484 e. The monoisotopic (exact) mass is 294 g/mol. The van der Waals surface area contributed by atoms with Crippen molar-refractivity contribution < 1.29 is 9.53 Å². The second-order valence-corrected chi connectivity index (χ2v) is 5.28. The average molecular weight is 295 g/mol. The smallest absolute Gasteiger partial charge is 0.277 e. The van der Waals surface area contributed by atoms with Crippen molar-refractivity contribution in [2.45, 2.75) is 0 Å². The lowest BCUT2D eigenvalue weighted by Crippen LogP contribution is -2.24. The van der Waals surface area contributed by atoms with Gasteiger partial charge in [0.05, 0.1) is 10.6 Å². The number of amides is 1. The Balaban J connectivity index is 1.74. The summed E-state index contributed by atoms with van der Waals surface area (Å²) < 4.78 is 5.95. The molecule has 1 N–H and O–H groups in total. The van der Waals surface area contributed by atoms with Gasteiger partial charge in [-0.1, -0.05) is 29.8 Å². The molecule has 6 heteroatoms. The quantitative estimate of drug-likeness (QED) is 0.681. The molecule has 0 aliphatic heterocycles. The summed E-state index contributed by atoms with van der Waals surface area (Å²) in [5.41, 5.74) is 2.38. The number of carbonyl (C=O) groups is 1. The maximum absolute atomic E-state index is 11.4. The van der Waals surface area contributed by atoms with Crippen molar-refractivity contribution in [2.75, 3.05) is 6.61 Å². The van der Waals surface area contributed by atoms with E-state index >= 15 is 0 Å². The van der Waals surface area contributed by atoms with Gasteiger partial charge in [-0.25, -0.2) is 5.43 Å². The lowest BCUT2D eigenvalue weighted by atomic mass is 10.3. The van der Waals surface area contributed by atoms with E-state index in [-0.39, 0.29) is 12.5 Å². The van der Waals surface area contributed by atoms with Crippen LogP contribution in [0.1, 0.15) is 4.88 Å². The van der Waals surface area contributed by atoms with Gasteiger partial charge in [0.15, 0.2) is 6.61 Å². The molecule has 0 aliphatic rings. The Morgan fingerprint density at radius 3 is 2.79 bits per heavy atom. The number of hydrogen-bond donors (Lipinski definition) is 1. The van der Waals surface area contributed by atoms with Gasteiger partial charge < -0.3 is 4.74 Å². The lowest BCUT2D eigenvalue weighted by molar-refractivity contribution is -0.123. The number of halogens is 1. The van der Waals surface area contributed by atoms with E-state index in [0.29, 0.717) is 10.1 Å². The summed E-state index contributed by atoms with van der Waals surface area (Å²) in [5.74, 6) is 0.328. The van der Waals surface area contributed by atoms with Crippen molar-refractivity contribution in [3.8, 4) is 5.75 Å². The van der Waals surface area contributed by atoms with Crippen LogP contribution in [0.4, 0.5) is 0 Å². The molecule has 0 radical (unpaired) electrons. The molecule has 0 atom stereocenters. The van der Waals surface area contributed by atoms with Crippen LogP contribution in [0.5, 0.6) is 5.75 Å². The summed E-state index contributed by atoms with van der Waals surface area (Å²) >= 11 is 7.15. The van der Waals surface area contributed by atoms with Crippen LogP contribution in [0, 0.1) is 0 Å². The third-order valence-electron chi connectivity index (χ3n) is 2.09. The third kappa shape index (κ3) is 4.73. The number of benzene rings is 1. The fourth-order valence-electron chi connectivity index (χ4n) is 1.26. The Morgan fingerprint density at radius 2 is 2.11 bits per heavy atom. The molecule has 2 aromatic rings. The topological polar surface area (TPSA) is 50.7 Å². The van der Waals surface area contributed by atoms with E-state index in [1.807, 2.05) is 24.3 Å². The SMILES string of the molecule is O=C(COc1ccccc1)N/N=C/c1ccc(Cl)s1. The van der Waals surface area contributed by atoms with E-state index in [2.05, 4.69) is 10.5 Å². The highest BCUT2D eigenvalue weighted by Crippen LogP contribution is 2.19. The van der Waals surface area contributed by atoms with E-state index in [1.165, 1.54) is 17.6 Å². The maximum atomic E-state index is 11.4. The van der Waals surface area contributed by atoms with E-state index in [0.717, 1.165) is 4.88 Å². The highest BCUT2D eigenvalue weighted by Gasteiger charge is 2.00. The number of nitrogens with one attached hydrogen (secondary N) is 1. The van der Waals surface area contributed by atoms with Gasteiger partial charge in [0.1, 0.15) is 5.75 Å². The fourth-order valence-corrected chi connectivity index (χ4v) is 2.20. The molecule has 1 heterocycles. The molecule has 1 amide bonds. The minimum atomic E-state index is -0.317. The number of nitrogens with zero attached hydrogens (tertiary/aromatic N) is 1. The van der Waals surface area contributed by atoms with Crippen molar-refractivity contribution in [2.24, 2.45) is 5.10 Å². The Hall–Kier alpha value is -1.85. The van der Waals surface area contributed by atoms with Gasteiger partial charge >= 0.3 is 0 Å². The first-order chi connectivity index (χ1) is 9.24. The Labute approximate surface area is 119 Å². The number of para-hydroxylation sites is 1. The van der Waals surface area contributed by atoms with Crippen LogP contribution in [-0.4, -0.2) is 18.7 Å². The summed E-state index contributed by atoms with van der Waals surface area (Å²) in [5, 5.41) is 3.81.